The number of methoxy groups -OCH3 is 1. The van der Waals surface area contributed by atoms with Gasteiger partial charge in [-0.1, -0.05) is 23.7 Å². The van der Waals surface area contributed by atoms with E-state index in [4.69, 9.17) is 16.3 Å². The van der Waals surface area contributed by atoms with Crippen LogP contribution in [0.3, 0.4) is 0 Å². The van der Waals surface area contributed by atoms with Gasteiger partial charge in [-0.15, -0.1) is 11.3 Å². The molecule has 26 heavy (non-hydrogen) atoms. The summed E-state index contributed by atoms with van der Waals surface area (Å²) in [7, 11) is 3.25. The molecule has 0 N–H and O–H groups in total. The van der Waals surface area contributed by atoms with Crippen LogP contribution >= 0.6 is 22.9 Å². The van der Waals surface area contributed by atoms with Gasteiger partial charge in [-0.25, -0.2) is 0 Å². The molecule has 0 saturated carbocycles. The van der Waals surface area contributed by atoms with Crippen molar-refractivity contribution in [3.8, 4) is 5.75 Å². The van der Waals surface area contributed by atoms with E-state index in [9.17, 15) is 9.59 Å². The van der Waals surface area contributed by atoms with Gasteiger partial charge < -0.3 is 9.30 Å². The smallest absolute Gasteiger partial charge is 0.268 e. The predicted molar refractivity (Wildman–Crippen MR) is 106 cm³/mol. The molecule has 6 heteroatoms. The van der Waals surface area contributed by atoms with Crippen LogP contribution in [0.4, 0.5) is 0 Å². The largest absolute Gasteiger partial charge is 0.497 e. The van der Waals surface area contributed by atoms with E-state index >= 15 is 0 Å². The average Bonchev–Trinajstić information content (AvgIpc) is 2.90. The molecule has 0 spiro atoms. The summed E-state index contributed by atoms with van der Waals surface area (Å²) in [6.45, 7) is 0. The van der Waals surface area contributed by atoms with E-state index in [0.717, 1.165) is 11.3 Å². The molecule has 0 radical (unpaired) electrons. The normalized spacial score (nSPS) is 12.4. The fourth-order valence-corrected chi connectivity index (χ4v) is 3.56. The Morgan fingerprint density at radius 2 is 1.92 bits per heavy atom. The zero-order chi connectivity index (χ0) is 18.7. The molecule has 0 unspecified atom stereocenters. The average molecular weight is 386 g/mol. The van der Waals surface area contributed by atoms with Gasteiger partial charge in [0.25, 0.3) is 5.56 Å². The second kappa shape index (κ2) is 7.72. The van der Waals surface area contributed by atoms with E-state index in [0.29, 0.717) is 19.8 Å². The highest BCUT2D eigenvalue weighted by atomic mass is 35.5. The summed E-state index contributed by atoms with van der Waals surface area (Å²) in [5.74, 6) is 0.545. The molecule has 1 aromatic heterocycles. The fourth-order valence-electron chi connectivity index (χ4n) is 2.40. The van der Waals surface area contributed by atoms with Gasteiger partial charge in [0, 0.05) is 23.7 Å². The van der Waals surface area contributed by atoms with Gasteiger partial charge in [-0.3, -0.25) is 9.59 Å². The van der Waals surface area contributed by atoms with Gasteiger partial charge in [0.1, 0.15) is 10.4 Å². The van der Waals surface area contributed by atoms with Crippen LogP contribution in [0.2, 0.25) is 5.02 Å². The fraction of sp³-hybridized carbons (Fsp3) is 0.100. The summed E-state index contributed by atoms with van der Waals surface area (Å²) >= 11 is 7.12. The summed E-state index contributed by atoms with van der Waals surface area (Å²) < 4.78 is 7.82. The Morgan fingerprint density at radius 1 is 1.19 bits per heavy atom. The van der Waals surface area contributed by atoms with Gasteiger partial charge in [-0.2, -0.15) is 0 Å². The number of hydrogen-bond acceptors (Lipinski definition) is 4. The summed E-state index contributed by atoms with van der Waals surface area (Å²) in [6.07, 6.45) is 3.26. The molecule has 0 fully saturated rings. The lowest BCUT2D eigenvalue weighted by atomic mass is 10.1. The molecule has 3 rings (SSSR count). The van der Waals surface area contributed by atoms with E-state index < -0.39 is 0 Å². The number of thiazole rings is 1. The third-order valence-corrected chi connectivity index (χ3v) is 5.20. The molecule has 0 bridgehead atoms. The maximum absolute atomic E-state index is 12.5. The van der Waals surface area contributed by atoms with E-state index in [1.807, 2.05) is 24.3 Å². The molecule has 4 nitrogen and oxygen atoms in total. The van der Waals surface area contributed by atoms with Gasteiger partial charge in [-0.05, 0) is 48.0 Å². The maximum Gasteiger partial charge on any atom is 0.268 e. The number of rotatable bonds is 4. The minimum absolute atomic E-state index is 0.145. The first-order chi connectivity index (χ1) is 12.5. The molecule has 0 aliphatic heterocycles. The summed E-state index contributed by atoms with van der Waals surface area (Å²) in [6, 6.07) is 14.1. The summed E-state index contributed by atoms with van der Waals surface area (Å²) in [5.41, 5.74) is 1.24. The topological polar surface area (TPSA) is 48.3 Å². The second-order valence-corrected chi connectivity index (χ2v) is 7.10. The Kier molecular flexibility index (Phi) is 5.40. The van der Waals surface area contributed by atoms with Gasteiger partial charge >= 0.3 is 0 Å². The van der Waals surface area contributed by atoms with Gasteiger partial charge in [0.15, 0.2) is 5.78 Å². The number of carbonyl (C=O) groups is 1. The van der Waals surface area contributed by atoms with Crippen LogP contribution in [-0.4, -0.2) is 17.5 Å². The Labute approximate surface area is 159 Å². The van der Waals surface area contributed by atoms with Crippen LogP contribution < -0.4 is 19.5 Å². The van der Waals surface area contributed by atoms with Crippen molar-refractivity contribution >= 4 is 40.9 Å². The van der Waals surface area contributed by atoms with Crippen molar-refractivity contribution in [2.45, 2.75) is 0 Å². The monoisotopic (exact) mass is 385 g/mol. The van der Waals surface area contributed by atoms with Crippen LogP contribution in [0.1, 0.15) is 15.9 Å². The van der Waals surface area contributed by atoms with Crippen molar-refractivity contribution in [3.05, 3.63) is 84.2 Å². The molecule has 0 amide bonds. The van der Waals surface area contributed by atoms with Crippen molar-refractivity contribution in [1.82, 2.24) is 4.57 Å². The quantitative estimate of drug-likeness (QED) is 0.649. The Morgan fingerprint density at radius 3 is 2.62 bits per heavy atom. The molecule has 0 aliphatic rings. The zero-order valence-electron chi connectivity index (χ0n) is 14.2. The Hall–Kier alpha value is -2.63. The number of aromatic nitrogens is 1. The van der Waals surface area contributed by atoms with Gasteiger partial charge in [0.05, 0.1) is 11.6 Å². The number of benzene rings is 2. The molecule has 132 valence electrons. The van der Waals surface area contributed by atoms with E-state index in [1.165, 1.54) is 22.0 Å². The van der Waals surface area contributed by atoms with Crippen LogP contribution in [0, 0.1) is 0 Å². The van der Waals surface area contributed by atoms with E-state index in [2.05, 4.69) is 0 Å². The van der Waals surface area contributed by atoms with Crippen LogP contribution in [0.15, 0.2) is 53.3 Å². The molecule has 2 aromatic carbocycles. The van der Waals surface area contributed by atoms with E-state index in [1.54, 1.807) is 44.5 Å². The lowest BCUT2D eigenvalue weighted by Gasteiger charge is -1.99. The number of ketones is 1. The maximum atomic E-state index is 12.5. The third kappa shape index (κ3) is 3.95. The molecule has 0 saturated heterocycles. The minimum atomic E-state index is -0.175. The van der Waals surface area contributed by atoms with Crippen molar-refractivity contribution < 1.29 is 9.53 Å². The Bertz CT molecular complexity index is 1130. The minimum Gasteiger partial charge on any atom is -0.497 e. The summed E-state index contributed by atoms with van der Waals surface area (Å²) in [5, 5.41) is 0.570. The molecule has 1 heterocycles. The van der Waals surface area contributed by atoms with Gasteiger partial charge in [0.2, 0.25) is 0 Å². The zero-order valence-corrected chi connectivity index (χ0v) is 15.8. The lowest BCUT2D eigenvalue weighted by molar-refractivity contribution is 0.106. The van der Waals surface area contributed by atoms with Crippen molar-refractivity contribution in [1.29, 1.82) is 0 Å². The molecular weight excluding hydrogens is 370 g/mol. The first kappa shape index (κ1) is 18.2. The first-order valence-electron chi connectivity index (χ1n) is 7.81. The first-order valence-corrected chi connectivity index (χ1v) is 9.00. The van der Waals surface area contributed by atoms with Crippen molar-refractivity contribution in [2.24, 2.45) is 7.05 Å². The van der Waals surface area contributed by atoms with Crippen molar-refractivity contribution in [2.75, 3.05) is 7.11 Å². The highest BCUT2D eigenvalue weighted by molar-refractivity contribution is 7.07. The number of nitrogens with zero attached hydrogens (tertiary/aromatic N) is 1. The van der Waals surface area contributed by atoms with Crippen LogP contribution in [0.25, 0.3) is 12.2 Å². The third-order valence-electron chi connectivity index (χ3n) is 3.84. The van der Waals surface area contributed by atoms with Crippen LogP contribution in [0.5, 0.6) is 5.75 Å². The summed E-state index contributed by atoms with van der Waals surface area (Å²) in [4.78, 5) is 24.9. The number of ether oxygens (including phenoxy) is 1. The highest BCUT2D eigenvalue weighted by Gasteiger charge is 2.06. The molecular formula is C20H16ClNO3S. The van der Waals surface area contributed by atoms with Crippen molar-refractivity contribution in [3.63, 3.8) is 0 Å². The second-order valence-electron chi connectivity index (χ2n) is 5.61. The Balaban J connectivity index is 2.04. The highest BCUT2D eigenvalue weighted by Crippen LogP contribution is 2.13. The molecule has 3 aromatic rings. The van der Waals surface area contributed by atoms with Crippen LogP contribution in [-0.2, 0) is 7.05 Å². The molecule has 0 aliphatic carbocycles. The standard InChI is InChI=1S/C20H16ClNO3S/c1-22-19(12-17(23)14-6-8-15(21)9-7-14)26-18(20(22)24)11-13-4-3-5-16(10-13)25-2/h3-12H,1-2H3/b18-11-,19-12-. The van der Waals surface area contributed by atoms with E-state index in [-0.39, 0.29) is 11.3 Å². The number of hydrogen-bond donors (Lipinski definition) is 0. The SMILES string of the molecule is COc1cccc(/C=c2\s/c(=C\C(=O)c3ccc(Cl)cc3)n(C)c2=O)c1. The molecule has 0 atom stereocenters. The predicted octanol–water partition coefficient (Wildman–Crippen LogP) is 2.60. The number of Topliss-reactive ketones (excluding diaryl/α,β-unsaturated/α-hetero) is 1. The lowest BCUT2D eigenvalue weighted by Crippen LogP contribution is -2.29. The number of carbonyl (C=O) groups excluding carboxylic acids is 1. The number of halogens is 1.